The monoisotopic (exact) mass is 433 g/mol. The van der Waals surface area contributed by atoms with E-state index in [9.17, 15) is 8.42 Å². The number of hydrogen-bond acceptors (Lipinski definition) is 3. The maximum absolute atomic E-state index is 13.1. The Morgan fingerprint density at radius 3 is 2.38 bits per heavy atom. The zero-order valence-electron chi connectivity index (χ0n) is 18.7. The molecule has 0 radical (unpaired) electrons. The Morgan fingerprint density at radius 1 is 1.10 bits per heavy atom. The third-order valence-electron chi connectivity index (χ3n) is 6.68. The fourth-order valence-corrected chi connectivity index (χ4v) is 6.03. The lowest BCUT2D eigenvalue weighted by atomic mass is 9.87. The molecule has 29 heavy (non-hydrogen) atoms. The summed E-state index contributed by atoms with van der Waals surface area (Å²) in [4.78, 5) is 0.389. The molecule has 0 fully saturated rings. The average molecular weight is 434 g/mol. The number of allylic oxidation sites excluding steroid dienone is 1. The summed E-state index contributed by atoms with van der Waals surface area (Å²) in [6.07, 6.45) is 4.98. The normalized spacial score (nSPS) is 19.2. The average Bonchev–Trinajstić information content (AvgIpc) is 2.65. The minimum absolute atomic E-state index is 0.185. The van der Waals surface area contributed by atoms with Gasteiger partial charge in [0.1, 0.15) is 0 Å². The van der Waals surface area contributed by atoms with Gasteiger partial charge in [-0.1, -0.05) is 50.1 Å². The van der Waals surface area contributed by atoms with E-state index < -0.39 is 18.3 Å². The molecule has 1 aliphatic heterocycles. The van der Waals surface area contributed by atoms with Crippen molar-refractivity contribution in [2.24, 2.45) is 0 Å². The van der Waals surface area contributed by atoms with Gasteiger partial charge in [0.25, 0.3) is 0 Å². The third-order valence-corrected chi connectivity index (χ3v) is 13.0. The Hall–Kier alpha value is -1.21. The Labute approximate surface area is 177 Å². The third kappa shape index (κ3) is 4.76. The Morgan fingerprint density at radius 2 is 1.76 bits per heavy atom. The van der Waals surface area contributed by atoms with Crippen LogP contribution < -0.4 is 0 Å². The SMILES string of the molecule is Cc1ccc(S(=O)(=O)N2CCC3=C(CCC=C3CO[Si](C)(C)C(C)(C)C)C2)cc1. The highest BCUT2D eigenvalue weighted by Gasteiger charge is 2.38. The lowest BCUT2D eigenvalue weighted by molar-refractivity contribution is 0.316. The van der Waals surface area contributed by atoms with E-state index in [-0.39, 0.29) is 5.04 Å². The van der Waals surface area contributed by atoms with Crippen molar-refractivity contribution in [3.8, 4) is 0 Å². The second kappa shape index (κ2) is 8.14. The van der Waals surface area contributed by atoms with Crippen molar-refractivity contribution >= 4 is 18.3 Å². The number of sulfonamides is 1. The standard InChI is InChI=1S/C23H35NO3SSi/c1-18-10-12-21(13-11-18)28(25,26)24-15-14-22-19(16-24)8-7-9-20(22)17-27-29(5,6)23(2,3)4/h9-13H,7-8,14-17H2,1-6H3. The van der Waals surface area contributed by atoms with Gasteiger partial charge in [0.15, 0.2) is 8.32 Å². The minimum Gasteiger partial charge on any atom is -0.413 e. The number of nitrogens with zero attached hydrogens (tertiary/aromatic N) is 1. The summed E-state index contributed by atoms with van der Waals surface area (Å²) >= 11 is 0. The molecule has 1 aliphatic carbocycles. The first-order chi connectivity index (χ1) is 13.4. The van der Waals surface area contributed by atoms with Crippen LogP contribution in [0.15, 0.2) is 52.0 Å². The Bertz CT molecular complexity index is 922. The van der Waals surface area contributed by atoms with Gasteiger partial charge in [0, 0.05) is 13.1 Å². The molecular formula is C23H35NO3SSi. The molecule has 0 saturated carbocycles. The quantitative estimate of drug-likeness (QED) is 0.582. The van der Waals surface area contributed by atoms with Gasteiger partial charge < -0.3 is 4.43 Å². The highest BCUT2D eigenvalue weighted by molar-refractivity contribution is 7.89. The van der Waals surface area contributed by atoms with Crippen LogP contribution in [0.4, 0.5) is 0 Å². The molecule has 0 unspecified atom stereocenters. The van der Waals surface area contributed by atoms with Crippen molar-refractivity contribution in [2.45, 2.75) is 70.0 Å². The zero-order valence-corrected chi connectivity index (χ0v) is 20.5. The molecule has 0 atom stereocenters. The van der Waals surface area contributed by atoms with Gasteiger partial charge in [-0.15, -0.1) is 0 Å². The van der Waals surface area contributed by atoms with Crippen molar-refractivity contribution in [3.05, 3.63) is 52.6 Å². The van der Waals surface area contributed by atoms with Crippen LogP contribution in [0.1, 0.15) is 45.6 Å². The van der Waals surface area contributed by atoms with Crippen LogP contribution in [-0.2, 0) is 14.4 Å². The number of rotatable bonds is 5. The fraction of sp³-hybridized carbons (Fsp3) is 0.565. The van der Waals surface area contributed by atoms with E-state index in [0.717, 1.165) is 24.8 Å². The lowest BCUT2D eigenvalue weighted by Crippen LogP contribution is -2.42. The van der Waals surface area contributed by atoms with Gasteiger partial charge in [-0.3, -0.25) is 0 Å². The van der Waals surface area contributed by atoms with E-state index in [1.165, 1.54) is 16.7 Å². The van der Waals surface area contributed by atoms with Gasteiger partial charge in [0.2, 0.25) is 10.0 Å². The molecule has 2 aliphatic rings. The number of aryl methyl sites for hydroxylation is 1. The first-order valence-corrected chi connectivity index (χ1v) is 14.9. The van der Waals surface area contributed by atoms with Crippen molar-refractivity contribution in [3.63, 3.8) is 0 Å². The summed E-state index contributed by atoms with van der Waals surface area (Å²) in [5.74, 6) is 0. The van der Waals surface area contributed by atoms with E-state index in [1.54, 1.807) is 16.4 Å². The van der Waals surface area contributed by atoms with E-state index in [1.807, 2.05) is 19.1 Å². The van der Waals surface area contributed by atoms with Gasteiger partial charge in [-0.05, 0) is 67.6 Å². The first kappa shape index (κ1) is 22.5. The van der Waals surface area contributed by atoms with E-state index >= 15 is 0 Å². The predicted molar refractivity (Wildman–Crippen MR) is 122 cm³/mol. The summed E-state index contributed by atoms with van der Waals surface area (Å²) in [6, 6.07) is 7.16. The van der Waals surface area contributed by atoms with Gasteiger partial charge in [-0.25, -0.2) is 8.42 Å². The van der Waals surface area contributed by atoms with E-state index in [4.69, 9.17) is 4.43 Å². The summed E-state index contributed by atoms with van der Waals surface area (Å²) < 4.78 is 34.3. The summed E-state index contributed by atoms with van der Waals surface area (Å²) in [5.41, 5.74) is 4.95. The molecule has 0 N–H and O–H groups in total. The second-order valence-electron chi connectivity index (χ2n) is 9.80. The maximum atomic E-state index is 13.1. The van der Waals surface area contributed by atoms with Gasteiger partial charge in [-0.2, -0.15) is 4.31 Å². The van der Waals surface area contributed by atoms with E-state index in [2.05, 4.69) is 39.9 Å². The molecule has 0 amide bonds. The highest BCUT2D eigenvalue weighted by Crippen LogP contribution is 2.39. The molecule has 1 aromatic carbocycles. The molecule has 0 bridgehead atoms. The topological polar surface area (TPSA) is 46.6 Å². The molecule has 6 heteroatoms. The minimum atomic E-state index is -3.45. The molecule has 1 heterocycles. The highest BCUT2D eigenvalue weighted by atomic mass is 32.2. The summed E-state index contributed by atoms with van der Waals surface area (Å²) in [5, 5.41) is 0.185. The molecule has 0 saturated heterocycles. The van der Waals surface area contributed by atoms with Gasteiger partial charge in [0.05, 0.1) is 11.5 Å². The van der Waals surface area contributed by atoms with Crippen LogP contribution in [-0.4, -0.2) is 40.7 Å². The molecule has 3 rings (SSSR count). The van der Waals surface area contributed by atoms with Crippen LogP contribution in [0.3, 0.4) is 0 Å². The Balaban J connectivity index is 1.75. The van der Waals surface area contributed by atoms with Crippen LogP contribution in [0, 0.1) is 6.92 Å². The second-order valence-corrected chi connectivity index (χ2v) is 16.5. The smallest absolute Gasteiger partial charge is 0.243 e. The molecule has 0 spiro atoms. The van der Waals surface area contributed by atoms with Crippen molar-refractivity contribution in [1.82, 2.24) is 4.31 Å². The molecular weight excluding hydrogens is 398 g/mol. The summed E-state index contributed by atoms with van der Waals surface area (Å²) in [6.45, 7) is 15.0. The van der Waals surface area contributed by atoms with Crippen LogP contribution >= 0.6 is 0 Å². The number of hydrogen-bond donors (Lipinski definition) is 0. The predicted octanol–water partition coefficient (Wildman–Crippen LogP) is 5.43. The fourth-order valence-electron chi connectivity index (χ4n) is 3.65. The molecule has 0 aromatic heterocycles. The molecule has 1 aromatic rings. The Kier molecular flexibility index (Phi) is 6.31. The van der Waals surface area contributed by atoms with Crippen molar-refractivity contribution in [2.75, 3.05) is 19.7 Å². The maximum Gasteiger partial charge on any atom is 0.243 e. The molecule has 4 nitrogen and oxygen atoms in total. The van der Waals surface area contributed by atoms with E-state index in [0.29, 0.717) is 24.6 Å². The summed E-state index contributed by atoms with van der Waals surface area (Å²) in [7, 11) is -5.25. The van der Waals surface area contributed by atoms with Crippen molar-refractivity contribution in [1.29, 1.82) is 0 Å². The largest absolute Gasteiger partial charge is 0.413 e. The van der Waals surface area contributed by atoms with Crippen LogP contribution in [0.2, 0.25) is 18.1 Å². The first-order valence-electron chi connectivity index (χ1n) is 10.5. The van der Waals surface area contributed by atoms with Gasteiger partial charge >= 0.3 is 0 Å². The lowest BCUT2D eigenvalue weighted by Gasteiger charge is -2.38. The number of benzene rings is 1. The van der Waals surface area contributed by atoms with Crippen LogP contribution in [0.5, 0.6) is 0 Å². The molecule has 160 valence electrons. The zero-order chi connectivity index (χ0) is 21.4. The van der Waals surface area contributed by atoms with Crippen molar-refractivity contribution < 1.29 is 12.8 Å². The van der Waals surface area contributed by atoms with Crippen LogP contribution in [0.25, 0.3) is 0 Å².